The second-order valence-electron chi connectivity index (χ2n) is 12.6. The zero-order valence-electron chi connectivity index (χ0n) is 22.5. The fourth-order valence-corrected chi connectivity index (χ4v) is 8.65. The third-order valence-corrected chi connectivity index (χ3v) is 10.2. The van der Waals surface area contributed by atoms with Crippen molar-refractivity contribution in [2.75, 3.05) is 7.11 Å². The highest BCUT2D eigenvalue weighted by molar-refractivity contribution is 5.85. The molecule has 2 aliphatic heterocycles. The number of aliphatic hydroxyl groups excluding tert-OH is 1. The van der Waals surface area contributed by atoms with E-state index in [4.69, 9.17) is 18.9 Å². The van der Waals surface area contributed by atoms with Gasteiger partial charge in [-0.3, -0.25) is 9.59 Å². The molecular weight excluding hydrogens is 476 g/mol. The molecule has 37 heavy (non-hydrogen) atoms. The lowest BCUT2D eigenvalue weighted by atomic mass is 9.47. The van der Waals surface area contributed by atoms with Gasteiger partial charge >= 0.3 is 17.9 Å². The first-order valence-corrected chi connectivity index (χ1v) is 13.1. The molecule has 202 valence electrons. The van der Waals surface area contributed by atoms with Crippen LogP contribution in [0.15, 0.2) is 36.0 Å². The van der Waals surface area contributed by atoms with Gasteiger partial charge in [0.25, 0.3) is 0 Å². The molecule has 1 N–H and O–H groups in total. The van der Waals surface area contributed by atoms with Gasteiger partial charge < -0.3 is 24.1 Å². The van der Waals surface area contributed by atoms with Gasteiger partial charge in [-0.25, -0.2) is 4.79 Å². The number of cyclic esters (lactones) is 1. The van der Waals surface area contributed by atoms with Gasteiger partial charge in [-0.2, -0.15) is 0 Å². The maximum Gasteiger partial charge on any atom is 0.333 e. The van der Waals surface area contributed by atoms with Crippen molar-refractivity contribution in [1.29, 1.82) is 0 Å². The van der Waals surface area contributed by atoms with Gasteiger partial charge in [0.1, 0.15) is 11.7 Å². The number of ether oxygens (including phenoxy) is 4. The summed E-state index contributed by atoms with van der Waals surface area (Å²) in [5.41, 5.74) is -0.643. The van der Waals surface area contributed by atoms with Gasteiger partial charge in [0.05, 0.1) is 13.2 Å². The summed E-state index contributed by atoms with van der Waals surface area (Å²) >= 11 is 0. The minimum Gasteiger partial charge on any atom is -0.469 e. The van der Waals surface area contributed by atoms with Crippen molar-refractivity contribution in [2.24, 2.45) is 34.0 Å². The molecule has 1 spiro atoms. The Morgan fingerprint density at radius 2 is 1.95 bits per heavy atom. The largest absolute Gasteiger partial charge is 0.469 e. The first-order valence-electron chi connectivity index (χ1n) is 13.1. The maximum absolute atomic E-state index is 12.6. The van der Waals surface area contributed by atoms with E-state index in [2.05, 4.69) is 46.4 Å². The molecule has 0 aromatic rings. The Hall–Kier alpha value is -2.45. The van der Waals surface area contributed by atoms with Crippen LogP contribution in [0.25, 0.3) is 0 Å². The topological polar surface area (TPSA) is 112 Å². The number of carbonyl (C=O) groups excluding carboxylic acids is 3. The van der Waals surface area contributed by atoms with Crippen molar-refractivity contribution in [2.45, 2.75) is 84.4 Å². The molecule has 2 saturated carbocycles. The van der Waals surface area contributed by atoms with E-state index >= 15 is 0 Å². The Labute approximate surface area is 218 Å². The average molecular weight is 515 g/mol. The van der Waals surface area contributed by atoms with E-state index in [9.17, 15) is 19.5 Å². The van der Waals surface area contributed by atoms with Crippen LogP contribution in [-0.2, 0) is 33.3 Å². The molecule has 2 heterocycles. The van der Waals surface area contributed by atoms with Gasteiger partial charge in [-0.1, -0.05) is 46.4 Å². The Morgan fingerprint density at radius 1 is 1.24 bits per heavy atom. The summed E-state index contributed by atoms with van der Waals surface area (Å²) < 4.78 is 22.6. The Morgan fingerprint density at radius 3 is 2.54 bits per heavy atom. The zero-order chi connectivity index (χ0) is 27.1. The van der Waals surface area contributed by atoms with Gasteiger partial charge in [0, 0.05) is 36.3 Å². The summed E-state index contributed by atoms with van der Waals surface area (Å²) in [7, 11) is 1.40. The summed E-state index contributed by atoms with van der Waals surface area (Å²) in [6.45, 7) is 14.5. The van der Waals surface area contributed by atoms with Gasteiger partial charge in [-0.15, -0.1) is 0 Å². The lowest BCUT2D eigenvalue weighted by molar-refractivity contribution is -0.164. The summed E-state index contributed by atoms with van der Waals surface area (Å²) in [5.74, 6) is -1.83. The second-order valence-corrected chi connectivity index (χ2v) is 12.6. The van der Waals surface area contributed by atoms with Gasteiger partial charge in [0.15, 0.2) is 0 Å². The number of rotatable bonds is 5. The molecule has 3 unspecified atom stereocenters. The van der Waals surface area contributed by atoms with Crippen LogP contribution in [0, 0.1) is 34.0 Å². The standard InChI is InChI=1S/C29H38O8/c1-15-24(27(5)10-8-9-26(3,4)20(27)13-22(31)34-7)19(35-16(2)30)14-28(6)18(12-21-29(15,28)37-21)17-11-23(32)36-25(17)33/h8,10-11,18-21,24-25,33H,1,9,12-14H2,2-7H3/t18-,19+,20-,21+,24?,25?,27-,28-,29?/m0/s1. The quantitative estimate of drug-likeness (QED) is 0.256. The first kappa shape index (κ1) is 26.2. The molecule has 0 bridgehead atoms. The molecular formula is C29H38O8. The Kier molecular flexibility index (Phi) is 5.85. The molecule has 8 heteroatoms. The van der Waals surface area contributed by atoms with E-state index in [1.807, 2.05) is 0 Å². The number of carbonyl (C=O) groups is 3. The molecule has 0 radical (unpaired) electrons. The van der Waals surface area contributed by atoms with E-state index in [1.54, 1.807) is 0 Å². The van der Waals surface area contributed by atoms with E-state index in [1.165, 1.54) is 20.1 Å². The predicted molar refractivity (Wildman–Crippen MR) is 133 cm³/mol. The smallest absolute Gasteiger partial charge is 0.333 e. The highest BCUT2D eigenvalue weighted by Gasteiger charge is 2.80. The molecule has 1 saturated heterocycles. The van der Waals surface area contributed by atoms with Crippen molar-refractivity contribution >= 4 is 17.9 Å². The van der Waals surface area contributed by atoms with Crippen molar-refractivity contribution in [3.05, 3.63) is 36.0 Å². The monoisotopic (exact) mass is 514 g/mol. The summed E-state index contributed by atoms with van der Waals surface area (Å²) in [6.07, 6.45) is 5.87. The normalized spacial score (nSPS) is 45.4. The number of hydrogen-bond acceptors (Lipinski definition) is 8. The fourth-order valence-electron chi connectivity index (χ4n) is 8.65. The Bertz CT molecular complexity index is 1120. The molecule has 0 aromatic carbocycles. The first-order chi connectivity index (χ1) is 17.2. The third kappa shape index (κ3) is 3.58. The van der Waals surface area contributed by atoms with Crippen LogP contribution in [0.1, 0.15) is 60.3 Å². The Balaban J connectivity index is 1.60. The third-order valence-electron chi connectivity index (χ3n) is 10.2. The zero-order valence-corrected chi connectivity index (χ0v) is 22.5. The van der Waals surface area contributed by atoms with Crippen LogP contribution in [0.3, 0.4) is 0 Å². The summed E-state index contributed by atoms with van der Waals surface area (Å²) in [6, 6.07) is 0. The lowest BCUT2D eigenvalue weighted by Crippen LogP contribution is -2.59. The molecule has 3 aliphatic carbocycles. The van der Waals surface area contributed by atoms with Crippen LogP contribution in [-0.4, -0.2) is 54.2 Å². The molecule has 9 atom stereocenters. The van der Waals surface area contributed by atoms with Crippen LogP contribution >= 0.6 is 0 Å². The average Bonchev–Trinajstić information content (AvgIpc) is 3.34. The van der Waals surface area contributed by atoms with Gasteiger partial charge in [-0.05, 0) is 47.5 Å². The lowest BCUT2D eigenvalue weighted by Gasteiger charge is -2.58. The number of methoxy groups -OCH3 is 1. The highest BCUT2D eigenvalue weighted by Crippen LogP contribution is 2.75. The number of epoxide rings is 1. The molecule has 8 nitrogen and oxygen atoms in total. The SMILES string of the molecule is C=C1C([C@@]2(C)C=CCC(C)(C)[C@@H]2CC(=O)OC)[C@H](OC(C)=O)C[C@@]2(C)[C@H](C3=CC(=O)OC3O)C[C@H]3OC132. The number of esters is 3. The second kappa shape index (κ2) is 8.27. The van der Waals surface area contributed by atoms with E-state index in [0.29, 0.717) is 18.4 Å². The van der Waals surface area contributed by atoms with Crippen LogP contribution in [0.4, 0.5) is 0 Å². The van der Waals surface area contributed by atoms with Crippen LogP contribution < -0.4 is 0 Å². The number of hydrogen-bond donors (Lipinski definition) is 1. The molecule has 5 aliphatic rings. The van der Waals surface area contributed by atoms with E-state index in [-0.39, 0.29) is 41.7 Å². The molecule has 0 aromatic heterocycles. The van der Waals surface area contributed by atoms with Crippen molar-refractivity contribution in [1.82, 2.24) is 0 Å². The molecule has 5 rings (SSSR count). The molecule has 0 amide bonds. The fraction of sp³-hybridized carbons (Fsp3) is 0.690. The minimum atomic E-state index is -1.29. The summed E-state index contributed by atoms with van der Waals surface area (Å²) in [4.78, 5) is 36.9. The summed E-state index contributed by atoms with van der Waals surface area (Å²) in [5, 5.41) is 10.5. The maximum atomic E-state index is 12.6. The van der Waals surface area contributed by atoms with E-state index < -0.39 is 40.8 Å². The highest BCUT2D eigenvalue weighted by atomic mass is 16.6. The molecule has 3 fully saturated rings. The van der Waals surface area contributed by atoms with Gasteiger partial charge in [0.2, 0.25) is 6.29 Å². The minimum absolute atomic E-state index is 0.0993. The van der Waals surface area contributed by atoms with Crippen molar-refractivity contribution < 1.29 is 38.4 Å². The predicted octanol–water partition coefficient (Wildman–Crippen LogP) is 3.63. The van der Waals surface area contributed by atoms with Crippen LogP contribution in [0.2, 0.25) is 0 Å². The number of aliphatic hydroxyl groups is 1. The van der Waals surface area contributed by atoms with Crippen molar-refractivity contribution in [3.63, 3.8) is 0 Å². The van der Waals surface area contributed by atoms with E-state index in [0.717, 1.165) is 12.0 Å². The van der Waals surface area contributed by atoms with Crippen LogP contribution in [0.5, 0.6) is 0 Å². The number of allylic oxidation sites excluding steroid dienone is 2. The van der Waals surface area contributed by atoms with Crippen molar-refractivity contribution in [3.8, 4) is 0 Å².